The molecular formula is C50H32. The van der Waals surface area contributed by atoms with E-state index in [2.05, 4.69) is 194 Å². The summed E-state index contributed by atoms with van der Waals surface area (Å²) in [5.41, 5.74) is 9.93. The molecule has 50 heavy (non-hydrogen) atoms. The van der Waals surface area contributed by atoms with Gasteiger partial charge in [-0.15, -0.1) is 0 Å². The largest absolute Gasteiger partial charge is 0.0616 e. The smallest absolute Gasteiger partial charge is 0.00262 e. The maximum atomic E-state index is 2.37. The Kier molecular flexibility index (Phi) is 6.60. The molecule has 0 saturated carbocycles. The lowest BCUT2D eigenvalue weighted by Crippen LogP contribution is -1.91. The average Bonchev–Trinajstić information content (AvgIpc) is 3.19. The van der Waals surface area contributed by atoms with E-state index < -0.39 is 0 Å². The van der Waals surface area contributed by atoms with Gasteiger partial charge in [-0.3, -0.25) is 0 Å². The maximum absolute atomic E-state index is 2.37. The number of benzene rings is 10. The van der Waals surface area contributed by atoms with Crippen LogP contribution in [0.15, 0.2) is 194 Å². The summed E-state index contributed by atoms with van der Waals surface area (Å²) >= 11 is 0. The predicted molar refractivity (Wildman–Crippen MR) is 216 cm³/mol. The molecule has 0 aliphatic carbocycles. The van der Waals surface area contributed by atoms with Crippen molar-refractivity contribution in [3.05, 3.63) is 194 Å². The molecule has 10 aromatic carbocycles. The molecule has 0 bridgehead atoms. The topological polar surface area (TPSA) is 0 Å². The van der Waals surface area contributed by atoms with Gasteiger partial charge in [0.15, 0.2) is 0 Å². The number of hydrogen-bond donors (Lipinski definition) is 0. The predicted octanol–water partition coefficient (Wildman–Crippen LogP) is 14.1. The third kappa shape index (κ3) is 4.69. The fraction of sp³-hybridized carbons (Fsp3) is 0. The van der Waals surface area contributed by atoms with Crippen LogP contribution >= 0.6 is 0 Å². The van der Waals surface area contributed by atoms with Crippen LogP contribution in [-0.4, -0.2) is 0 Å². The van der Waals surface area contributed by atoms with Crippen molar-refractivity contribution >= 4 is 53.9 Å². The summed E-state index contributed by atoms with van der Waals surface area (Å²) in [7, 11) is 0. The Morgan fingerprint density at radius 2 is 0.600 bits per heavy atom. The summed E-state index contributed by atoms with van der Waals surface area (Å²) < 4.78 is 0. The van der Waals surface area contributed by atoms with Crippen LogP contribution in [0.5, 0.6) is 0 Å². The van der Waals surface area contributed by atoms with Crippen molar-refractivity contribution in [2.45, 2.75) is 0 Å². The molecule has 0 amide bonds. The van der Waals surface area contributed by atoms with Gasteiger partial charge in [0.2, 0.25) is 0 Å². The highest BCUT2D eigenvalue weighted by molar-refractivity contribution is 6.21. The van der Waals surface area contributed by atoms with Crippen molar-refractivity contribution in [1.82, 2.24) is 0 Å². The zero-order valence-corrected chi connectivity index (χ0v) is 27.5. The van der Waals surface area contributed by atoms with E-state index in [1.165, 1.54) is 98.4 Å². The zero-order chi connectivity index (χ0) is 33.0. The molecule has 10 aromatic rings. The van der Waals surface area contributed by atoms with Crippen LogP contribution < -0.4 is 0 Å². The second kappa shape index (κ2) is 11.6. The lowest BCUT2D eigenvalue weighted by atomic mass is 9.85. The third-order valence-corrected chi connectivity index (χ3v) is 10.4. The first kappa shape index (κ1) is 28.5. The van der Waals surface area contributed by atoms with E-state index in [-0.39, 0.29) is 0 Å². The second-order valence-electron chi connectivity index (χ2n) is 13.3. The minimum Gasteiger partial charge on any atom is -0.0616 e. The summed E-state index contributed by atoms with van der Waals surface area (Å²) in [6.45, 7) is 0. The van der Waals surface area contributed by atoms with Gasteiger partial charge in [0.1, 0.15) is 0 Å². The highest BCUT2D eigenvalue weighted by atomic mass is 14.2. The van der Waals surface area contributed by atoms with Crippen LogP contribution in [-0.2, 0) is 0 Å². The maximum Gasteiger partial charge on any atom is -0.00262 e. The Balaban J connectivity index is 1.12. The van der Waals surface area contributed by atoms with E-state index in [4.69, 9.17) is 0 Å². The number of hydrogen-bond acceptors (Lipinski definition) is 0. The first-order valence-electron chi connectivity index (χ1n) is 17.3. The van der Waals surface area contributed by atoms with Crippen molar-refractivity contribution in [2.24, 2.45) is 0 Å². The van der Waals surface area contributed by atoms with E-state index in [1.807, 2.05) is 0 Å². The second-order valence-corrected chi connectivity index (χ2v) is 13.3. The molecule has 0 radical (unpaired) electrons. The van der Waals surface area contributed by atoms with Crippen molar-refractivity contribution in [3.63, 3.8) is 0 Å². The molecule has 0 saturated heterocycles. The van der Waals surface area contributed by atoms with E-state index in [0.717, 1.165) is 0 Å². The van der Waals surface area contributed by atoms with Crippen LogP contribution in [0.4, 0.5) is 0 Å². The molecule has 0 aromatic heterocycles. The molecule has 0 heterocycles. The van der Waals surface area contributed by atoms with Gasteiger partial charge in [-0.1, -0.05) is 176 Å². The van der Waals surface area contributed by atoms with E-state index in [1.54, 1.807) is 0 Å². The molecule has 0 fully saturated rings. The number of rotatable bonds is 4. The molecule has 0 atom stereocenters. The van der Waals surface area contributed by atoms with Gasteiger partial charge in [-0.05, 0) is 117 Å². The van der Waals surface area contributed by atoms with Gasteiger partial charge in [0.05, 0.1) is 0 Å². The molecule has 0 heteroatoms. The van der Waals surface area contributed by atoms with Crippen molar-refractivity contribution in [3.8, 4) is 44.5 Å². The highest BCUT2D eigenvalue weighted by Gasteiger charge is 2.17. The summed E-state index contributed by atoms with van der Waals surface area (Å²) in [6.07, 6.45) is 0. The van der Waals surface area contributed by atoms with Gasteiger partial charge in [-0.2, -0.15) is 0 Å². The van der Waals surface area contributed by atoms with Crippen LogP contribution in [0.3, 0.4) is 0 Å². The van der Waals surface area contributed by atoms with Crippen molar-refractivity contribution < 1.29 is 0 Å². The Bertz CT molecular complexity index is 2850. The first-order chi connectivity index (χ1) is 24.8. The molecular weight excluding hydrogens is 601 g/mol. The quantitative estimate of drug-likeness (QED) is 0.134. The summed E-state index contributed by atoms with van der Waals surface area (Å²) in [4.78, 5) is 0. The summed E-state index contributed by atoms with van der Waals surface area (Å²) in [5.74, 6) is 0. The molecule has 0 aliphatic rings. The molecule has 0 N–H and O–H groups in total. The summed E-state index contributed by atoms with van der Waals surface area (Å²) in [6, 6.07) is 71.4. The first-order valence-corrected chi connectivity index (χ1v) is 17.3. The molecule has 0 nitrogen and oxygen atoms in total. The lowest BCUT2D eigenvalue weighted by Gasteiger charge is -2.18. The van der Waals surface area contributed by atoms with Gasteiger partial charge in [0, 0.05) is 0 Å². The van der Waals surface area contributed by atoms with Gasteiger partial charge in [0.25, 0.3) is 0 Å². The minimum atomic E-state index is 1.22. The standard InChI is InChI=1S/C50H32/c1-2-12-38-30-40(28-22-33(38)10-1)34-20-26-37(27-21-34)49-44-16-5-7-18-46(44)50(47-19-8-6-17-45(47)49)42-14-9-13-39(31-42)41-29-25-36-24-23-35-11-3-4-15-43(35)48(36)32-41/h1-32H. The molecule has 232 valence electrons. The van der Waals surface area contributed by atoms with Crippen LogP contribution in [0.2, 0.25) is 0 Å². The van der Waals surface area contributed by atoms with Gasteiger partial charge >= 0.3 is 0 Å². The van der Waals surface area contributed by atoms with E-state index >= 15 is 0 Å². The Morgan fingerprint density at radius 3 is 1.28 bits per heavy atom. The van der Waals surface area contributed by atoms with Crippen LogP contribution in [0.25, 0.3) is 98.4 Å². The lowest BCUT2D eigenvalue weighted by molar-refractivity contribution is 1.62. The van der Waals surface area contributed by atoms with Crippen molar-refractivity contribution in [1.29, 1.82) is 0 Å². The average molecular weight is 633 g/mol. The van der Waals surface area contributed by atoms with Gasteiger partial charge < -0.3 is 0 Å². The fourth-order valence-corrected chi connectivity index (χ4v) is 7.98. The van der Waals surface area contributed by atoms with Gasteiger partial charge in [-0.25, -0.2) is 0 Å². The zero-order valence-electron chi connectivity index (χ0n) is 27.5. The van der Waals surface area contributed by atoms with E-state index in [0.29, 0.717) is 0 Å². The minimum absolute atomic E-state index is 1.22. The molecule has 0 aliphatic heterocycles. The third-order valence-electron chi connectivity index (χ3n) is 10.4. The Hall–Kier alpha value is -6.50. The summed E-state index contributed by atoms with van der Waals surface area (Å²) in [5, 5.41) is 12.7. The van der Waals surface area contributed by atoms with Crippen LogP contribution in [0, 0.1) is 0 Å². The SMILES string of the molecule is c1cc(-c2ccc3ccc4ccccc4c3c2)cc(-c2c3ccccc3c(-c3ccc(-c4ccc5ccccc5c4)cc3)c3ccccc23)c1. The molecule has 10 rings (SSSR count). The number of fused-ring (bicyclic) bond motifs is 6. The monoisotopic (exact) mass is 632 g/mol. The Morgan fingerprint density at radius 1 is 0.180 bits per heavy atom. The molecule has 0 spiro atoms. The Labute approximate surface area is 291 Å². The normalized spacial score (nSPS) is 11.6. The highest BCUT2D eigenvalue weighted by Crippen LogP contribution is 2.44. The fourth-order valence-electron chi connectivity index (χ4n) is 7.98. The van der Waals surface area contributed by atoms with Crippen molar-refractivity contribution in [2.75, 3.05) is 0 Å². The van der Waals surface area contributed by atoms with E-state index in [9.17, 15) is 0 Å². The van der Waals surface area contributed by atoms with Crippen LogP contribution in [0.1, 0.15) is 0 Å². The molecule has 0 unspecified atom stereocenters.